The van der Waals surface area contributed by atoms with Gasteiger partial charge in [0.1, 0.15) is 11.9 Å². The predicted octanol–water partition coefficient (Wildman–Crippen LogP) is 2.15. The number of phenols is 1. The summed E-state index contributed by atoms with van der Waals surface area (Å²) in [4.78, 5) is 38.2. The number of benzene rings is 1. The fourth-order valence-electron chi connectivity index (χ4n) is 1.87. The number of aromatic nitrogens is 1. The molecule has 2 amide bonds. The summed E-state index contributed by atoms with van der Waals surface area (Å²) in [6.07, 6.45) is 1.73. The minimum Gasteiger partial charge on any atom is -0.507 e. The molecule has 24 heavy (non-hydrogen) atoms. The molecule has 0 aliphatic rings. The van der Waals surface area contributed by atoms with Crippen molar-refractivity contribution >= 4 is 33.3 Å². The summed E-state index contributed by atoms with van der Waals surface area (Å²) in [5.74, 6) is -1.65. The first-order valence-electron chi connectivity index (χ1n) is 6.95. The first kappa shape index (κ1) is 17.3. The van der Waals surface area contributed by atoms with E-state index >= 15 is 0 Å². The highest BCUT2D eigenvalue weighted by molar-refractivity contribution is 7.18. The Bertz CT molecular complexity index is 789. The van der Waals surface area contributed by atoms with Gasteiger partial charge in [0.2, 0.25) is 0 Å². The number of nitrogens with zero attached hydrogens (tertiary/aromatic N) is 2. The Hall–Kier alpha value is -3.01. The lowest BCUT2D eigenvalue weighted by Gasteiger charge is -2.10. The molecule has 0 bridgehead atoms. The lowest BCUT2D eigenvalue weighted by Crippen LogP contribution is -2.27. The van der Waals surface area contributed by atoms with Crippen LogP contribution in [0.5, 0.6) is 5.75 Å². The molecule has 0 fully saturated rings. The van der Waals surface area contributed by atoms with Gasteiger partial charge in [-0.05, 0) is 29.9 Å². The molecule has 0 saturated heterocycles. The largest absolute Gasteiger partial charge is 0.507 e. The van der Waals surface area contributed by atoms with Crippen molar-refractivity contribution in [1.29, 1.82) is 0 Å². The first-order valence-corrected chi connectivity index (χ1v) is 7.77. The molecule has 0 unspecified atom stereocenters. The SMILES string of the molecule is CCCNC(=O)c1cccc(O)c1C(=O)Nc1ncc([N+](=O)[O-])s1. The summed E-state index contributed by atoms with van der Waals surface area (Å²) >= 11 is 0.674. The molecule has 0 saturated carbocycles. The maximum atomic E-state index is 12.4. The molecule has 0 aliphatic heterocycles. The molecule has 2 rings (SSSR count). The number of rotatable bonds is 6. The van der Waals surface area contributed by atoms with Crippen LogP contribution in [-0.2, 0) is 0 Å². The van der Waals surface area contributed by atoms with Crippen LogP contribution >= 0.6 is 11.3 Å². The normalized spacial score (nSPS) is 10.2. The third-order valence-electron chi connectivity index (χ3n) is 2.94. The van der Waals surface area contributed by atoms with Crippen molar-refractivity contribution in [1.82, 2.24) is 10.3 Å². The van der Waals surface area contributed by atoms with Crippen LogP contribution in [0.25, 0.3) is 0 Å². The second-order valence-corrected chi connectivity index (χ2v) is 5.68. The van der Waals surface area contributed by atoms with Crippen LogP contribution in [0.1, 0.15) is 34.1 Å². The van der Waals surface area contributed by atoms with E-state index in [1.807, 2.05) is 6.92 Å². The van der Waals surface area contributed by atoms with Gasteiger partial charge in [0.15, 0.2) is 5.13 Å². The summed E-state index contributed by atoms with van der Waals surface area (Å²) in [6.45, 7) is 2.31. The van der Waals surface area contributed by atoms with Gasteiger partial charge in [-0.3, -0.25) is 25.0 Å². The fourth-order valence-corrected chi connectivity index (χ4v) is 2.50. The van der Waals surface area contributed by atoms with Crippen molar-refractivity contribution in [2.75, 3.05) is 11.9 Å². The van der Waals surface area contributed by atoms with Crippen LogP contribution < -0.4 is 10.6 Å². The Morgan fingerprint density at radius 1 is 1.38 bits per heavy atom. The monoisotopic (exact) mass is 350 g/mol. The lowest BCUT2D eigenvalue weighted by molar-refractivity contribution is -0.380. The maximum absolute atomic E-state index is 12.4. The second-order valence-electron chi connectivity index (χ2n) is 4.67. The summed E-state index contributed by atoms with van der Waals surface area (Å²) in [7, 11) is 0. The molecule has 2 aromatic rings. The number of aromatic hydroxyl groups is 1. The zero-order valence-electron chi connectivity index (χ0n) is 12.6. The van der Waals surface area contributed by atoms with E-state index in [1.165, 1.54) is 18.2 Å². The number of thiazole rings is 1. The average Bonchev–Trinajstić information content (AvgIpc) is 3.00. The number of phenolic OH excluding ortho intramolecular Hbond substituents is 1. The quantitative estimate of drug-likeness (QED) is 0.540. The van der Waals surface area contributed by atoms with E-state index in [-0.39, 0.29) is 27.0 Å². The molecule has 0 atom stereocenters. The van der Waals surface area contributed by atoms with Gasteiger partial charge in [-0.25, -0.2) is 4.98 Å². The van der Waals surface area contributed by atoms with Crippen LogP contribution in [0.15, 0.2) is 24.4 Å². The van der Waals surface area contributed by atoms with Gasteiger partial charge >= 0.3 is 5.00 Å². The number of hydrogen-bond donors (Lipinski definition) is 3. The highest BCUT2D eigenvalue weighted by atomic mass is 32.1. The summed E-state index contributed by atoms with van der Waals surface area (Å²) < 4.78 is 0. The minimum absolute atomic E-state index is 0.00475. The van der Waals surface area contributed by atoms with E-state index in [4.69, 9.17) is 0 Å². The van der Waals surface area contributed by atoms with Crippen molar-refractivity contribution in [2.45, 2.75) is 13.3 Å². The molecule has 3 N–H and O–H groups in total. The number of carbonyl (C=O) groups excluding carboxylic acids is 2. The van der Waals surface area contributed by atoms with Crippen LogP contribution in [0.4, 0.5) is 10.1 Å². The van der Waals surface area contributed by atoms with E-state index in [1.54, 1.807) is 0 Å². The van der Waals surface area contributed by atoms with Crippen LogP contribution in [0.3, 0.4) is 0 Å². The topological polar surface area (TPSA) is 134 Å². The third kappa shape index (κ3) is 3.84. The number of anilines is 1. The van der Waals surface area contributed by atoms with E-state index in [0.717, 1.165) is 12.6 Å². The molecule has 1 heterocycles. The summed E-state index contributed by atoms with van der Waals surface area (Å²) in [5.41, 5.74) is -0.212. The van der Waals surface area contributed by atoms with Crippen LogP contribution in [-0.4, -0.2) is 33.4 Å². The van der Waals surface area contributed by atoms with Gasteiger partial charge in [-0.2, -0.15) is 0 Å². The average molecular weight is 350 g/mol. The molecule has 0 aliphatic carbocycles. The molecule has 1 aromatic carbocycles. The van der Waals surface area contributed by atoms with Gasteiger partial charge in [-0.15, -0.1) is 0 Å². The first-order chi connectivity index (χ1) is 11.4. The van der Waals surface area contributed by atoms with Crippen molar-refractivity contribution in [3.05, 3.63) is 45.6 Å². The van der Waals surface area contributed by atoms with Crippen molar-refractivity contribution in [3.8, 4) is 5.75 Å². The Balaban J connectivity index is 2.27. The molecule has 1 aromatic heterocycles. The molecule has 9 nitrogen and oxygen atoms in total. The summed E-state index contributed by atoms with van der Waals surface area (Å²) in [6, 6.07) is 4.13. The predicted molar refractivity (Wildman–Crippen MR) is 87.5 cm³/mol. The van der Waals surface area contributed by atoms with E-state index in [0.29, 0.717) is 17.9 Å². The van der Waals surface area contributed by atoms with Crippen molar-refractivity contribution < 1.29 is 19.6 Å². The fraction of sp³-hybridized carbons (Fsp3) is 0.214. The van der Waals surface area contributed by atoms with Gasteiger partial charge in [0.25, 0.3) is 11.8 Å². The Morgan fingerprint density at radius 3 is 2.75 bits per heavy atom. The standard InChI is InChI=1S/C14H14N4O5S/c1-2-6-15-12(20)8-4-3-5-9(19)11(8)13(21)17-14-16-7-10(24-14)18(22)23/h3-5,7,19H,2,6H2,1H3,(H,15,20)(H,16,17,21). The highest BCUT2D eigenvalue weighted by Gasteiger charge is 2.22. The molecular formula is C14H14N4O5S. The highest BCUT2D eigenvalue weighted by Crippen LogP contribution is 2.27. The Kier molecular flexibility index (Phi) is 5.42. The van der Waals surface area contributed by atoms with E-state index < -0.39 is 16.7 Å². The van der Waals surface area contributed by atoms with E-state index in [9.17, 15) is 24.8 Å². The van der Waals surface area contributed by atoms with E-state index in [2.05, 4.69) is 15.6 Å². The van der Waals surface area contributed by atoms with Crippen molar-refractivity contribution in [2.24, 2.45) is 0 Å². The number of carbonyl (C=O) groups is 2. The number of nitrogens with one attached hydrogen (secondary N) is 2. The van der Waals surface area contributed by atoms with Crippen molar-refractivity contribution in [3.63, 3.8) is 0 Å². The zero-order valence-corrected chi connectivity index (χ0v) is 13.4. The second kappa shape index (κ2) is 7.51. The van der Waals surface area contributed by atoms with Gasteiger partial charge in [0.05, 0.1) is 16.1 Å². The van der Waals surface area contributed by atoms with Gasteiger partial charge in [0, 0.05) is 6.54 Å². The Labute approximate surface area is 140 Å². The molecule has 0 spiro atoms. The van der Waals surface area contributed by atoms with Crippen LogP contribution in [0.2, 0.25) is 0 Å². The molecule has 10 heteroatoms. The Morgan fingerprint density at radius 2 is 2.12 bits per heavy atom. The third-order valence-corrected chi connectivity index (χ3v) is 3.81. The lowest BCUT2D eigenvalue weighted by atomic mass is 10.0. The number of hydrogen-bond acceptors (Lipinski definition) is 7. The number of nitro groups is 1. The molecule has 0 radical (unpaired) electrons. The van der Waals surface area contributed by atoms with Gasteiger partial charge in [-0.1, -0.05) is 13.0 Å². The summed E-state index contributed by atoms with van der Waals surface area (Å²) in [5, 5.41) is 25.3. The zero-order chi connectivity index (χ0) is 17.7. The smallest absolute Gasteiger partial charge is 0.345 e. The maximum Gasteiger partial charge on any atom is 0.345 e. The van der Waals surface area contributed by atoms with Gasteiger partial charge < -0.3 is 10.4 Å². The number of amides is 2. The van der Waals surface area contributed by atoms with Crippen LogP contribution in [0, 0.1) is 10.1 Å². The molecule has 126 valence electrons. The minimum atomic E-state index is -0.779. The molecular weight excluding hydrogens is 336 g/mol.